The first-order valence-electron chi connectivity index (χ1n) is 18.3. The van der Waals surface area contributed by atoms with Gasteiger partial charge < -0.3 is 19.1 Å². The van der Waals surface area contributed by atoms with Crippen LogP contribution in [0.25, 0.3) is 38.8 Å². The molecule has 0 aliphatic carbocycles. The molecule has 54 heavy (non-hydrogen) atoms. The summed E-state index contributed by atoms with van der Waals surface area (Å²) in [7, 11) is 0. The van der Waals surface area contributed by atoms with Crippen molar-refractivity contribution in [2.24, 2.45) is 0 Å². The number of allylic oxidation sites excluding steroid dienone is 2. The fraction of sp³-hybridized carbons (Fsp3) is 0.208. The number of benzene rings is 5. The summed E-state index contributed by atoms with van der Waals surface area (Å²) in [4.78, 5) is 9.30. The van der Waals surface area contributed by atoms with Crippen molar-refractivity contribution < 1.29 is 25.8 Å². The predicted molar refractivity (Wildman–Crippen MR) is 220 cm³/mol. The van der Waals surface area contributed by atoms with Crippen molar-refractivity contribution in [1.82, 2.24) is 9.55 Å². The summed E-state index contributed by atoms with van der Waals surface area (Å²) < 4.78 is 8.72. The van der Waals surface area contributed by atoms with E-state index in [4.69, 9.17) is 9.72 Å². The predicted octanol–water partition coefficient (Wildman–Crippen LogP) is 12.5. The van der Waals surface area contributed by atoms with Gasteiger partial charge in [0.25, 0.3) is 0 Å². The van der Waals surface area contributed by atoms with Crippen molar-refractivity contribution in [3.05, 3.63) is 163 Å². The average Bonchev–Trinajstić information content (AvgIpc) is 3.64. The van der Waals surface area contributed by atoms with Gasteiger partial charge in [0, 0.05) is 66.9 Å². The van der Waals surface area contributed by atoms with Gasteiger partial charge in [-0.25, -0.2) is 4.98 Å². The summed E-state index contributed by atoms with van der Waals surface area (Å²) in [6, 6.07) is 47.5. The quantitative estimate of drug-likeness (QED) is 0.156. The minimum Gasteiger partial charge on any atom is -0.509 e. The normalized spacial score (nSPS) is 13.6. The minimum atomic E-state index is -0.00770. The van der Waals surface area contributed by atoms with E-state index in [1.54, 1.807) is 0 Å². The van der Waals surface area contributed by atoms with Gasteiger partial charge in [-0.1, -0.05) is 102 Å². The number of hydrogen-bond acceptors (Lipinski definition) is 4. The summed E-state index contributed by atoms with van der Waals surface area (Å²) in [6.07, 6.45) is 1.90. The fourth-order valence-electron chi connectivity index (χ4n) is 7.12. The van der Waals surface area contributed by atoms with Gasteiger partial charge in [0.1, 0.15) is 5.82 Å². The number of aromatic nitrogens is 2. The Hall–Kier alpha value is -5.12. The van der Waals surface area contributed by atoms with Gasteiger partial charge >= 0.3 is 0 Å². The molecule has 7 aromatic rings. The summed E-state index contributed by atoms with van der Waals surface area (Å²) in [5, 5.41) is 2.25. The Kier molecular flexibility index (Phi) is 9.83. The number of nitrogens with zero attached hydrogens (tertiary/aromatic N) is 4. The maximum atomic E-state index is 6.53. The van der Waals surface area contributed by atoms with Gasteiger partial charge in [-0.15, -0.1) is 48.1 Å². The molecule has 0 unspecified atom stereocenters. The van der Waals surface area contributed by atoms with Crippen LogP contribution < -0.4 is 14.5 Å². The van der Waals surface area contributed by atoms with Crippen molar-refractivity contribution in [3.8, 4) is 28.4 Å². The SMILES string of the molecule is CC1=C(C)N(c2ccc(C(C)(C)C)cc2-c2ccccc2)[CH-]N1c1[c-]c(Oc2[c-]c3c(cc2)c2ccccc2n3-c2cc(C(C)(C)C)ccn2)ccc1.[Pt]. The third kappa shape index (κ3) is 6.87. The molecule has 0 N–H and O–H groups in total. The zero-order valence-corrected chi connectivity index (χ0v) is 34.4. The Bertz CT molecular complexity index is 2520. The van der Waals surface area contributed by atoms with Crippen molar-refractivity contribution in [1.29, 1.82) is 0 Å². The van der Waals surface area contributed by atoms with Crippen LogP contribution in [0.5, 0.6) is 11.5 Å². The Morgan fingerprint density at radius 1 is 0.630 bits per heavy atom. The molecule has 276 valence electrons. The second-order valence-corrected chi connectivity index (χ2v) is 16.0. The molecule has 3 heterocycles. The molecule has 0 bridgehead atoms. The largest absolute Gasteiger partial charge is 0.509 e. The van der Waals surface area contributed by atoms with E-state index in [2.05, 4.69) is 186 Å². The van der Waals surface area contributed by atoms with Crippen molar-refractivity contribution >= 4 is 33.2 Å². The van der Waals surface area contributed by atoms with E-state index in [9.17, 15) is 0 Å². The van der Waals surface area contributed by atoms with E-state index in [0.29, 0.717) is 11.5 Å². The molecule has 1 aliphatic rings. The Balaban J connectivity index is 0.00000450. The standard InChI is InChI=1S/C48H45N4O.Pt/c1-32-33(2)51(43-24-21-35(47(3,4)5)27-42(43)34-15-10-9-11-16-34)31-50(32)37-17-14-18-38(29-37)53-39-22-23-41-40-19-12-13-20-44(40)52(45(41)30-39)46-28-36(25-26-49-46)48(6,7)8;/h9-28,31H,1-8H3;/q-3;. The van der Waals surface area contributed by atoms with Gasteiger partial charge in [0.2, 0.25) is 0 Å². The fourth-order valence-corrected chi connectivity index (χ4v) is 7.12. The zero-order chi connectivity index (χ0) is 37.1. The number of rotatable bonds is 6. The number of anilines is 2. The summed E-state index contributed by atoms with van der Waals surface area (Å²) in [5.74, 6) is 2.09. The first-order chi connectivity index (χ1) is 25.4. The molecule has 0 spiro atoms. The van der Waals surface area contributed by atoms with Gasteiger partial charge in [-0.05, 0) is 77.1 Å². The van der Waals surface area contributed by atoms with Gasteiger partial charge in [-0.2, -0.15) is 12.1 Å². The third-order valence-electron chi connectivity index (χ3n) is 10.3. The molecule has 0 atom stereocenters. The van der Waals surface area contributed by atoms with Crippen LogP contribution in [0.1, 0.15) is 66.5 Å². The summed E-state index contributed by atoms with van der Waals surface area (Å²) in [5.41, 5.74) is 11.3. The molecule has 0 saturated carbocycles. The Morgan fingerprint density at radius 2 is 1.31 bits per heavy atom. The molecule has 0 amide bonds. The van der Waals surface area contributed by atoms with E-state index < -0.39 is 0 Å². The number of para-hydroxylation sites is 1. The molecule has 8 rings (SSSR count). The monoisotopic (exact) mass is 888 g/mol. The van der Waals surface area contributed by atoms with Crippen molar-refractivity contribution in [3.63, 3.8) is 0 Å². The van der Waals surface area contributed by atoms with Crippen LogP contribution in [0.2, 0.25) is 0 Å². The summed E-state index contributed by atoms with van der Waals surface area (Å²) in [6.45, 7) is 20.0. The number of pyridine rings is 1. The molecule has 0 saturated heterocycles. The first kappa shape index (κ1) is 37.2. The van der Waals surface area contributed by atoms with Crippen LogP contribution in [0, 0.1) is 18.8 Å². The second-order valence-electron chi connectivity index (χ2n) is 16.0. The smallest absolute Gasteiger partial charge is 0.135 e. The van der Waals surface area contributed by atoms with Crippen LogP contribution in [0.3, 0.4) is 0 Å². The molecular formula is C48H45N4OPt-3. The van der Waals surface area contributed by atoms with Crippen LogP contribution in [-0.4, -0.2) is 9.55 Å². The Labute approximate surface area is 334 Å². The number of ether oxygens (including phenoxy) is 1. The van der Waals surface area contributed by atoms with Crippen molar-refractivity contribution in [2.45, 2.75) is 66.2 Å². The average molecular weight is 889 g/mol. The van der Waals surface area contributed by atoms with Crippen LogP contribution in [0.4, 0.5) is 11.4 Å². The van der Waals surface area contributed by atoms with E-state index in [0.717, 1.165) is 50.4 Å². The minimum absolute atomic E-state index is 0. The van der Waals surface area contributed by atoms with Crippen LogP contribution >= 0.6 is 0 Å². The molecule has 0 radical (unpaired) electrons. The van der Waals surface area contributed by atoms with Crippen LogP contribution in [-0.2, 0) is 31.9 Å². The first-order valence-corrected chi connectivity index (χ1v) is 18.3. The molecule has 0 fully saturated rings. The molecule has 5 nitrogen and oxygen atoms in total. The van der Waals surface area contributed by atoms with E-state index in [1.165, 1.54) is 22.3 Å². The number of fused-ring (bicyclic) bond motifs is 3. The topological polar surface area (TPSA) is 33.5 Å². The van der Waals surface area contributed by atoms with E-state index >= 15 is 0 Å². The summed E-state index contributed by atoms with van der Waals surface area (Å²) >= 11 is 0. The van der Waals surface area contributed by atoms with E-state index in [-0.39, 0.29) is 31.9 Å². The van der Waals surface area contributed by atoms with Crippen molar-refractivity contribution in [2.75, 3.05) is 9.80 Å². The molecular weight excluding hydrogens is 844 g/mol. The Morgan fingerprint density at radius 3 is 2.07 bits per heavy atom. The molecule has 6 heteroatoms. The van der Waals surface area contributed by atoms with E-state index in [1.807, 2.05) is 24.4 Å². The second kappa shape index (κ2) is 14.3. The maximum Gasteiger partial charge on any atom is 0.135 e. The van der Waals surface area contributed by atoms with Gasteiger partial charge in [0.15, 0.2) is 0 Å². The molecule has 1 aliphatic heterocycles. The van der Waals surface area contributed by atoms with Gasteiger partial charge in [0.05, 0.1) is 0 Å². The third-order valence-corrected chi connectivity index (χ3v) is 10.3. The van der Waals surface area contributed by atoms with Gasteiger partial charge in [-0.3, -0.25) is 0 Å². The molecule has 2 aromatic heterocycles. The maximum absolute atomic E-state index is 6.53. The number of hydrogen-bond donors (Lipinski definition) is 0. The van der Waals surface area contributed by atoms with Crippen LogP contribution in [0.15, 0.2) is 133 Å². The zero-order valence-electron chi connectivity index (χ0n) is 32.1. The molecule has 5 aromatic carbocycles.